The molecule has 1 aliphatic heterocycles. The van der Waals surface area contributed by atoms with Gasteiger partial charge in [0.05, 0.1) is 12.7 Å². The molecule has 1 amide bonds. The van der Waals surface area contributed by atoms with Crippen LogP contribution in [0.4, 0.5) is 4.79 Å². The van der Waals surface area contributed by atoms with Crippen molar-refractivity contribution in [2.45, 2.75) is 20.0 Å². The van der Waals surface area contributed by atoms with Gasteiger partial charge in [-0.2, -0.15) is 0 Å². The van der Waals surface area contributed by atoms with Crippen LogP contribution in [0.5, 0.6) is 0 Å². The van der Waals surface area contributed by atoms with Crippen LogP contribution in [0.2, 0.25) is 0 Å². The molecule has 0 spiro atoms. The molecule has 70 valence electrons. The Bertz CT molecular complexity index is 168. The van der Waals surface area contributed by atoms with Crippen LogP contribution in [0.1, 0.15) is 13.8 Å². The quantitative estimate of drug-likeness (QED) is 0.659. The predicted octanol–water partition coefficient (Wildman–Crippen LogP) is 0.456. The lowest BCUT2D eigenvalue weighted by Crippen LogP contribution is -2.45. The van der Waals surface area contributed by atoms with Gasteiger partial charge in [-0.3, -0.25) is 0 Å². The summed E-state index contributed by atoms with van der Waals surface area (Å²) in [4.78, 5) is 12.6. The molecule has 0 aromatic rings. The number of aliphatic hydroxyl groups excluding tert-OH is 1. The van der Waals surface area contributed by atoms with Gasteiger partial charge in [0, 0.05) is 19.0 Å². The maximum absolute atomic E-state index is 11.1. The van der Waals surface area contributed by atoms with Crippen molar-refractivity contribution in [2.75, 3.05) is 19.7 Å². The molecule has 0 aromatic heterocycles. The van der Waals surface area contributed by atoms with E-state index < -0.39 is 6.10 Å². The smallest absolute Gasteiger partial charge is 0.409 e. The molecule has 1 aliphatic rings. The Kier molecular flexibility index (Phi) is 2.92. The molecule has 0 saturated carbocycles. The number of rotatable bonds is 2. The first kappa shape index (κ1) is 9.32. The van der Waals surface area contributed by atoms with Crippen LogP contribution in [-0.4, -0.2) is 41.9 Å². The molecule has 0 aliphatic carbocycles. The van der Waals surface area contributed by atoms with Gasteiger partial charge in [0.15, 0.2) is 0 Å². The maximum Gasteiger partial charge on any atom is 0.409 e. The number of cyclic esters (lactones) is 1. The van der Waals surface area contributed by atoms with Crippen molar-refractivity contribution in [1.29, 1.82) is 0 Å². The van der Waals surface area contributed by atoms with Crippen LogP contribution in [0.3, 0.4) is 0 Å². The fourth-order valence-corrected chi connectivity index (χ4v) is 1.28. The van der Waals surface area contributed by atoms with E-state index in [0.717, 1.165) is 0 Å². The highest BCUT2D eigenvalue weighted by Gasteiger charge is 2.24. The van der Waals surface area contributed by atoms with Gasteiger partial charge < -0.3 is 14.7 Å². The standard InChI is InChI=1S/C8H15NO3/c1-6-3-9(4-7(2)10)8(11)12-5-6/h6-7,10H,3-5H2,1-2H3. The lowest BCUT2D eigenvalue weighted by atomic mass is 10.1. The molecule has 12 heavy (non-hydrogen) atoms. The Morgan fingerprint density at radius 1 is 1.83 bits per heavy atom. The molecule has 4 heteroatoms. The monoisotopic (exact) mass is 173 g/mol. The average molecular weight is 173 g/mol. The van der Waals surface area contributed by atoms with E-state index in [9.17, 15) is 4.79 Å². The molecule has 1 N–H and O–H groups in total. The van der Waals surface area contributed by atoms with Crippen LogP contribution >= 0.6 is 0 Å². The van der Waals surface area contributed by atoms with Gasteiger partial charge in [0.2, 0.25) is 0 Å². The second kappa shape index (κ2) is 3.76. The van der Waals surface area contributed by atoms with Crippen molar-refractivity contribution in [1.82, 2.24) is 4.90 Å². The summed E-state index contributed by atoms with van der Waals surface area (Å²) in [6.45, 7) is 5.22. The third-order valence-corrected chi connectivity index (χ3v) is 1.77. The highest BCUT2D eigenvalue weighted by Crippen LogP contribution is 2.10. The summed E-state index contributed by atoms with van der Waals surface area (Å²) in [5, 5.41) is 9.06. The zero-order valence-corrected chi connectivity index (χ0v) is 7.49. The molecule has 0 bridgehead atoms. The number of carbonyl (C=O) groups is 1. The van der Waals surface area contributed by atoms with Gasteiger partial charge in [0.1, 0.15) is 0 Å². The van der Waals surface area contributed by atoms with E-state index in [1.165, 1.54) is 0 Å². The van der Waals surface area contributed by atoms with Crippen LogP contribution in [-0.2, 0) is 4.74 Å². The molecule has 1 fully saturated rings. The summed E-state index contributed by atoms with van der Waals surface area (Å²) in [5.74, 6) is 0.362. The summed E-state index contributed by atoms with van der Waals surface area (Å²) in [6.07, 6.45) is -0.795. The molecule has 4 nitrogen and oxygen atoms in total. The topological polar surface area (TPSA) is 49.8 Å². The average Bonchev–Trinajstić information content (AvgIpc) is 1.96. The van der Waals surface area contributed by atoms with Crippen LogP contribution in [0.25, 0.3) is 0 Å². The molecular weight excluding hydrogens is 158 g/mol. The number of carbonyl (C=O) groups excluding carboxylic acids is 1. The van der Waals surface area contributed by atoms with E-state index >= 15 is 0 Å². The van der Waals surface area contributed by atoms with Crippen molar-refractivity contribution >= 4 is 6.09 Å². The van der Waals surface area contributed by atoms with Gasteiger partial charge in [-0.25, -0.2) is 4.79 Å². The largest absolute Gasteiger partial charge is 0.449 e. The third kappa shape index (κ3) is 2.37. The van der Waals surface area contributed by atoms with E-state index in [1.807, 2.05) is 6.92 Å². The van der Waals surface area contributed by atoms with Crippen LogP contribution in [0.15, 0.2) is 0 Å². The lowest BCUT2D eigenvalue weighted by Gasteiger charge is -2.31. The normalized spacial score (nSPS) is 26.8. The Morgan fingerprint density at radius 3 is 3.08 bits per heavy atom. The minimum atomic E-state index is -0.483. The minimum Gasteiger partial charge on any atom is -0.449 e. The first-order valence-corrected chi connectivity index (χ1v) is 4.19. The Balaban J connectivity index is 2.43. The number of nitrogens with zero attached hydrogens (tertiary/aromatic N) is 1. The van der Waals surface area contributed by atoms with Gasteiger partial charge in [-0.1, -0.05) is 6.92 Å². The number of amides is 1. The molecule has 1 saturated heterocycles. The number of ether oxygens (including phenoxy) is 1. The molecule has 2 atom stereocenters. The van der Waals surface area contributed by atoms with E-state index in [-0.39, 0.29) is 6.09 Å². The highest BCUT2D eigenvalue weighted by molar-refractivity contribution is 5.68. The third-order valence-electron chi connectivity index (χ3n) is 1.77. The lowest BCUT2D eigenvalue weighted by molar-refractivity contribution is 0.0302. The highest BCUT2D eigenvalue weighted by atomic mass is 16.6. The van der Waals surface area contributed by atoms with Crippen molar-refractivity contribution in [3.8, 4) is 0 Å². The van der Waals surface area contributed by atoms with Gasteiger partial charge in [-0.15, -0.1) is 0 Å². The number of hydrogen-bond acceptors (Lipinski definition) is 3. The Hall–Kier alpha value is -0.770. The second-order valence-corrected chi connectivity index (χ2v) is 3.44. The minimum absolute atomic E-state index is 0.311. The van der Waals surface area contributed by atoms with E-state index in [1.54, 1.807) is 11.8 Å². The molecule has 0 radical (unpaired) electrons. The van der Waals surface area contributed by atoms with E-state index in [4.69, 9.17) is 9.84 Å². The van der Waals surface area contributed by atoms with Gasteiger partial charge in [0.25, 0.3) is 0 Å². The van der Waals surface area contributed by atoms with Crippen molar-refractivity contribution in [3.05, 3.63) is 0 Å². The summed E-state index contributed by atoms with van der Waals surface area (Å²) in [6, 6.07) is 0. The van der Waals surface area contributed by atoms with Crippen molar-refractivity contribution < 1.29 is 14.6 Å². The molecule has 2 unspecified atom stereocenters. The summed E-state index contributed by atoms with van der Waals surface area (Å²) in [7, 11) is 0. The zero-order valence-electron chi connectivity index (χ0n) is 7.49. The predicted molar refractivity (Wildman–Crippen MR) is 43.8 cm³/mol. The number of hydrogen-bond donors (Lipinski definition) is 1. The van der Waals surface area contributed by atoms with Crippen LogP contribution < -0.4 is 0 Å². The van der Waals surface area contributed by atoms with E-state index in [2.05, 4.69) is 0 Å². The summed E-state index contributed by atoms with van der Waals surface area (Å²) < 4.78 is 4.88. The Labute approximate surface area is 72.1 Å². The first-order chi connectivity index (χ1) is 5.59. The van der Waals surface area contributed by atoms with Crippen molar-refractivity contribution in [3.63, 3.8) is 0 Å². The van der Waals surface area contributed by atoms with E-state index in [0.29, 0.717) is 25.6 Å². The second-order valence-electron chi connectivity index (χ2n) is 3.44. The fraction of sp³-hybridized carbons (Fsp3) is 0.875. The van der Waals surface area contributed by atoms with Gasteiger partial charge in [-0.05, 0) is 6.92 Å². The molecule has 1 heterocycles. The fourth-order valence-electron chi connectivity index (χ4n) is 1.28. The summed E-state index contributed by atoms with van der Waals surface area (Å²) in [5.41, 5.74) is 0. The first-order valence-electron chi connectivity index (χ1n) is 4.19. The zero-order chi connectivity index (χ0) is 9.14. The van der Waals surface area contributed by atoms with Crippen LogP contribution in [0, 0.1) is 5.92 Å². The van der Waals surface area contributed by atoms with Crippen molar-refractivity contribution in [2.24, 2.45) is 5.92 Å². The maximum atomic E-state index is 11.1. The number of β-amino-alcohol motifs (C(OH)–C–C–N with tert-alkyl or cyclic N) is 1. The molecule has 1 rings (SSSR count). The SMILES string of the molecule is CC(O)CN1CC(C)COC1=O. The van der Waals surface area contributed by atoms with Gasteiger partial charge >= 0.3 is 6.09 Å². The molecule has 0 aromatic carbocycles. The number of aliphatic hydroxyl groups is 1. The molecular formula is C8H15NO3. The summed E-state index contributed by atoms with van der Waals surface area (Å²) >= 11 is 0. The Morgan fingerprint density at radius 2 is 2.50 bits per heavy atom.